The van der Waals surface area contributed by atoms with Crippen LogP contribution in [0.25, 0.3) is 0 Å². The Balaban J connectivity index is 1.62. The van der Waals surface area contributed by atoms with Gasteiger partial charge in [-0.3, -0.25) is 0 Å². The summed E-state index contributed by atoms with van der Waals surface area (Å²) in [4.78, 5) is 37.1. The van der Waals surface area contributed by atoms with E-state index in [1.54, 1.807) is 0 Å². The van der Waals surface area contributed by atoms with Crippen molar-refractivity contribution in [1.29, 1.82) is 0 Å². The molecule has 4 fully saturated rings. The van der Waals surface area contributed by atoms with Crippen LogP contribution in [0.1, 0.15) is 91.4 Å². The van der Waals surface area contributed by atoms with Crippen molar-refractivity contribution in [3.63, 3.8) is 0 Å². The molecule has 0 aromatic carbocycles. The second-order valence-corrected chi connectivity index (χ2v) is 12.7. The number of carboxylic acid groups (broad SMARTS) is 1. The van der Waals surface area contributed by atoms with Gasteiger partial charge in [0.25, 0.3) is 0 Å². The molecule has 168 valence electrons. The van der Waals surface area contributed by atoms with Crippen LogP contribution in [0.2, 0.25) is 3.67 Å². The van der Waals surface area contributed by atoms with E-state index in [-0.39, 0.29) is 28.6 Å². The van der Waals surface area contributed by atoms with Crippen molar-refractivity contribution < 1.29 is 19.5 Å². The summed E-state index contributed by atoms with van der Waals surface area (Å²) >= 11 is 0.889. The van der Waals surface area contributed by atoms with Gasteiger partial charge in [-0.15, -0.1) is 0 Å². The van der Waals surface area contributed by atoms with Crippen molar-refractivity contribution >= 4 is 45.5 Å². The van der Waals surface area contributed by atoms with Crippen molar-refractivity contribution in [3.8, 4) is 0 Å². The van der Waals surface area contributed by atoms with Gasteiger partial charge in [0.05, 0.1) is 0 Å². The van der Waals surface area contributed by atoms with Gasteiger partial charge in [0.15, 0.2) is 0 Å². The minimum atomic E-state index is -0.746. The predicted octanol–water partition coefficient (Wildman–Crippen LogP) is 5.24. The molecule has 0 amide bonds. The molecule has 0 aromatic rings. The summed E-state index contributed by atoms with van der Waals surface area (Å²) in [5, 5.41) is 9.19. The summed E-state index contributed by atoms with van der Waals surface area (Å²) in [6.07, 6.45) is 10.1. The first-order chi connectivity index (χ1) is 14.6. The molecule has 0 aromatic heterocycles. The average Bonchev–Trinajstić information content (AvgIpc) is 3.02. The molecule has 4 nitrogen and oxygen atoms in total. The topological polar surface area (TPSA) is 71.4 Å². The first-order valence-electron chi connectivity index (χ1n) is 12.9. The zero-order valence-electron chi connectivity index (χ0n) is 20.0. The molecule has 1 unspecified atom stereocenters. The van der Waals surface area contributed by atoms with E-state index >= 15 is 0 Å². The van der Waals surface area contributed by atoms with E-state index in [2.05, 4.69) is 20.8 Å². The van der Waals surface area contributed by atoms with Gasteiger partial charge in [-0.2, -0.15) is 0 Å². The second kappa shape index (κ2) is 8.55. The summed E-state index contributed by atoms with van der Waals surface area (Å²) in [7, 11) is 0. The first-order valence-corrected chi connectivity index (χ1v) is 14.3. The Morgan fingerprint density at radius 2 is 1.81 bits per heavy atom. The van der Waals surface area contributed by atoms with Gasteiger partial charge < -0.3 is 0 Å². The van der Waals surface area contributed by atoms with E-state index in [9.17, 15) is 19.5 Å². The normalized spacial score (nSPS) is 46.7. The Bertz CT molecular complexity index is 765. The molecule has 31 heavy (non-hydrogen) atoms. The molecule has 0 bridgehead atoms. The van der Waals surface area contributed by atoms with E-state index in [1.807, 2.05) is 0 Å². The van der Waals surface area contributed by atoms with Crippen LogP contribution in [0.15, 0.2) is 0 Å². The number of rotatable bonds is 6. The quantitative estimate of drug-likeness (QED) is 0.576. The zero-order chi connectivity index (χ0) is 22.6. The number of carbonyl (C=O) groups excluding carboxylic acids is 2. The minimum absolute atomic E-state index is 0.0213. The molecule has 0 saturated heterocycles. The number of ketones is 2. The predicted molar refractivity (Wildman–Crippen MR) is 121 cm³/mol. The number of hydrogen-bond acceptors (Lipinski definition) is 3. The fraction of sp³-hybridized carbons (Fsp3) is 0.885. The van der Waals surface area contributed by atoms with Crippen LogP contribution in [-0.2, 0) is 14.4 Å². The van der Waals surface area contributed by atoms with E-state index in [0.29, 0.717) is 45.3 Å². The third-order valence-electron chi connectivity index (χ3n) is 11.0. The Morgan fingerprint density at radius 3 is 2.48 bits per heavy atom. The fourth-order valence-electron chi connectivity index (χ4n) is 9.43. The van der Waals surface area contributed by atoms with Crippen LogP contribution in [0.3, 0.4) is 0 Å². The summed E-state index contributed by atoms with van der Waals surface area (Å²) in [6, 6.07) is 0. The van der Waals surface area contributed by atoms with Crippen LogP contribution in [0, 0.1) is 45.8 Å². The Hall–Kier alpha value is -0.190. The fourth-order valence-corrected chi connectivity index (χ4v) is 10.1. The number of carboxylic acids is 1. The van der Waals surface area contributed by atoms with Gasteiger partial charge >= 0.3 is 206 Å². The van der Waals surface area contributed by atoms with Crippen molar-refractivity contribution in [3.05, 3.63) is 0 Å². The van der Waals surface area contributed by atoms with Gasteiger partial charge in [0.1, 0.15) is 0 Å². The Labute approximate surface area is 205 Å². The third-order valence-corrected chi connectivity index (χ3v) is 11.7. The van der Waals surface area contributed by atoms with Gasteiger partial charge in [0, 0.05) is 0 Å². The molecule has 0 spiro atoms. The van der Waals surface area contributed by atoms with Crippen molar-refractivity contribution in [1.82, 2.24) is 0 Å². The Kier molecular flexibility index (Phi) is 6.60. The number of aliphatic carboxylic acids is 1. The van der Waals surface area contributed by atoms with Crippen LogP contribution in [-0.4, -0.2) is 50.6 Å². The molecule has 4 aliphatic carbocycles. The summed E-state index contributed by atoms with van der Waals surface area (Å²) in [6.45, 7) is 7.02. The van der Waals surface area contributed by atoms with Gasteiger partial charge in [0.2, 0.25) is 0 Å². The van der Waals surface area contributed by atoms with E-state index < -0.39 is 5.97 Å². The third kappa shape index (κ3) is 3.62. The van der Waals surface area contributed by atoms with Crippen molar-refractivity contribution in [2.24, 2.45) is 45.8 Å². The van der Waals surface area contributed by atoms with E-state index in [4.69, 9.17) is 0 Å². The van der Waals surface area contributed by atoms with Gasteiger partial charge in [-0.25, -0.2) is 0 Å². The van der Waals surface area contributed by atoms with Crippen LogP contribution in [0.4, 0.5) is 0 Å². The number of Topliss-reactive ketones (excluding diaryl/α,β-unsaturated/α-hetero) is 2. The molecule has 4 aliphatic rings. The van der Waals surface area contributed by atoms with Crippen LogP contribution < -0.4 is 0 Å². The summed E-state index contributed by atoms with van der Waals surface area (Å²) < 4.78 is 0.697. The molecule has 4 saturated carbocycles. The molecule has 0 heterocycles. The van der Waals surface area contributed by atoms with E-state index in [1.165, 1.54) is 19.3 Å². The monoisotopic (exact) mass is 438 g/mol. The van der Waals surface area contributed by atoms with Crippen LogP contribution >= 0.6 is 0 Å². The molecular formula is C26H39NaO4. The number of hydrogen-bond donors (Lipinski definition) is 1. The van der Waals surface area contributed by atoms with Crippen molar-refractivity contribution in [2.45, 2.75) is 95.1 Å². The summed E-state index contributed by atoms with van der Waals surface area (Å²) in [5.41, 5.74) is -0.00527. The SMILES string of the molecule is CC1C[C@@]2(C)[C@@H](CC[C@@H]3[C@@H]2CC[C@@]2(C)[C@H]3CC[C@]2(CCCC(=O)O)C(=O)[CH2][Na])CC1=O. The maximum atomic E-state index is 13.5. The average molecular weight is 439 g/mol. The molecule has 5 heteroatoms. The van der Waals surface area contributed by atoms with E-state index in [0.717, 1.165) is 66.5 Å². The second-order valence-electron chi connectivity index (χ2n) is 12.0. The molecule has 8 atom stereocenters. The maximum absolute atomic E-state index is 13.5. The molecule has 4 rings (SSSR count). The Morgan fingerprint density at radius 1 is 1.10 bits per heavy atom. The van der Waals surface area contributed by atoms with Gasteiger partial charge in [-0.05, 0) is 0 Å². The molecular weight excluding hydrogens is 399 g/mol. The zero-order valence-corrected chi connectivity index (χ0v) is 22.0. The molecule has 1 N–H and O–H groups in total. The first kappa shape index (κ1) is 24.0. The van der Waals surface area contributed by atoms with Gasteiger partial charge in [-0.1, -0.05) is 0 Å². The molecule has 0 aliphatic heterocycles. The van der Waals surface area contributed by atoms with Crippen molar-refractivity contribution in [2.75, 3.05) is 0 Å². The summed E-state index contributed by atoms with van der Waals surface area (Å²) in [5.74, 6) is 2.83. The van der Waals surface area contributed by atoms with Crippen LogP contribution in [0.5, 0.6) is 0 Å². The number of fused-ring (bicyclic) bond motifs is 5. The molecule has 0 radical (unpaired) electrons. The number of carbonyl (C=O) groups is 3. The standard InChI is InChI=1S/C26H39O4.Na/c1-16-15-24(3)18(14-22(16)28)7-8-19-20(24)9-12-25(4)21(19)10-13-26(25,17(2)27)11-5-6-23(29)30;/h16,18-21H,2,5-15H2,1,3-4H3,(H,29,30);/t16?,18-,19+,20-,21-,24-,25-,26+;/m0./s1.